The Morgan fingerprint density at radius 2 is 2.00 bits per heavy atom. The van der Waals surface area contributed by atoms with Gasteiger partial charge in [-0.15, -0.1) is 0 Å². The number of para-hydroxylation sites is 1. The smallest absolute Gasteiger partial charge is 0.319 e. The van der Waals surface area contributed by atoms with Crippen molar-refractivity contribution in [2.24, 2.45) is 0 Å². The van der Waals surface area contributed by atoms with Gasteiger partial charge in [-0.3, -0.25) is 4.98 Å². The molecule has 1 aromatic carbocycles. The lowest BCUT2D eigenvalue weighted by Crippen LogP contribution is -2.30. The van der Waals surface area contributed by atoms with Crippen molar-refractivity contribution >= 4 is 11.7 Å². The molecule has 5 heteroatoms. The molecule has 0 aliphatic carbocycles. The van der Waals surface area contributed by atoms with Crippen molar-refractivity contribution in [2.45, 2.75) is 6.42 Å². The Labute approximate surface area is 118 Å². The van der Waals surface area contributed by atoms with Crippen LogP contribution in [0.1, 0.15) is 6.42 Å². The Hall–Kier alpha value is -2.56. The van der Waals surface area contributed by atoms with Crippen LogP contribution in [-0.2, 0) is 0 Å². The first-order valence-corrected chi connectivity index (χ1v) is 6.47. The van der Waals surface area contributed by atoms with Crippen molar-refractivity contribution < 1.29 is 9.53 Å². The average Bonchev–Trinajstić information content (AvgIpc) is 2.49. The first kappa shape index (κ1) is 13.9. The van der Waals surface area contributed by atoms with Gasteiger partial charge in [0, 0.05) is 12.7 Å². The maximum Gasteiger partial charge on any atom is 0.319 e. The van der Waals surface area contributed by atoms with E-state index in [-0.39, 0.29) is 6.03 Å². The van der Waals surface area contributed by atoms with E-state index >= 15 is 0 Å². The number of ether oxygens (including phenoxy) is 1. The predicted molar refractivity (Wildman–Crippen MR) is 77.8 cm³/mol. The Bertz CT molecular complexity index is 517. The third-order valence-electron chi connectivity index (χ3n) is 2.54. The maximum absolute atomic E-state index is 11.6. The van der Waals surface area contributed by atoms with Crippen molar-refractivity contribution in [3.8, 4) is 5.75 Å². The van der Waals surface area contributed by atoms with Crippen LogP contribution in [-0.4, -0.2) is 24.2 Å². The first-order chi connectivity index (χ1) is 9.84. The Kier molecular flexibility index (Phi) is 5.39. The van der Waals surface area contributed by atoms with Crippen LogP contribution in [0.15, 0.2) is 54.9 Å². The van der Waals surface area contributed by atoms with Gasteiger partial charge in [-0.05, 0) is 30.7 Å². The summed E-state index contributed by atoms with van der Waals surface area (Å²) < 4.78 is 5.52. The quantitative estimate of drug-likeness (QED) is 0.794. The molecule has 1 aromatic heterocycles. The van der Waals surface area contributed by atoms with Gasteiger partial charge >= 0.3 is 6.03 Å². The molecule has 1 heterocycles. The topological polar surface area (TPSA) is 63.2 Å². The number of nitrogens with one attached hydrogen (secondary N) is 2. The molecule has 2 aromatic rings. The number of carbonyl (C=O) groups is 1. The van der Waals surface area contributed by atoms with Crippen molar-refractivity contribution in [3.63, 3.8) is 0 Å². The molecule has 0 unspecified atom stereocenters. The number of benzene rings is 1. The molecule has 0 atom stereocenters. The molecule has 0 bridgehead atoms. The van der Waals surface area contributed by atoms with E-state index in [1.165, 1.54) is 0 Å². The van der Waals surface area contributed by atoms with Crippen LogP contribution in [0.5, 0.6) is 5.75 Å². The molecule has 0 saturated heterocycles. The van der Waals surface area contributed by atoms with Crippen molar-refractivity contribution in [1.29, 1.82) is 0 Å². The third-order valence-corrected chi connectivity index (χ3v) is 2.54. The molecular weight excluding hydrogens is 254 g/mol. The standard InChI is InChI=1S/C15H17N3O2/c19-15(18-13-6-4-9-16-12-13)17-10-5-11-20-14-7-2-1-3-8-14/h1-4,6-9,12H,5,10-11H2,(H2,17,18,19). The first-order valence-electron chi connectivity index (χ1n) is 6.47. The number of hydrogen-bond acceptors (Lipinski definition) is 3. The highest BCUT2D eigenvalue weighted by atomic mass is 16.5. The fourth-order valence-electron chi connectivity index (χ4n) is 1.59. The summed E-state index contributed by atoms with van der Waals surface area (Å²) in [4.78, 5) is 15.5. The number of nitrogens with zero attached hydrogens (tertiary/aromatic N) is 1. The average molecular weight is 271 g/mol. The Balaban J connectivity index is 1.58. The zero-order chi connectivity index (χ0) is 14.0. The van der Waals surface area contributed by atoms with Crippen molar-refractivity contribution in [3.05, 3.63) is 54.9 Å². The number of rotatable bonds is 6. The summed E-state index contributed by atoms with van der Waals surface area (Å²) in [6.45, 7) is 1.12. The second-order valence-corrected chi connectivity index (χ2v) is 4.14. The van der Waals surface area contributed by atoms with Crippen LogP contribution in [0.2, 0.25) is 0 Å². The minimum Gasteiger partial charge on any atom is -0.494 e. The van der Waals surface area contributed by atoms with Crippen molar-refractivity contribution in [1.82, 2.24) is 10.3 Å². The molecule has 0 spiro atoms. The molecule has 5 nitrogen and oxygen atoms in total. The van der Waals surface area contributed by atoms with Gasteiger partial charge < -0.3 is 15.4 Å². The highest BCUT2D eigenvalue weighted by molar-refractivity contribution is 5.88. The van der Waals surface area contributed by atoms with E-state index in [4.69, 9.17) is 4.74 Å². The van der Waals surface area contributed by atoms with Crippen LogP contribution in [0.4, 0.5) is 10.5 Å². The lowest BCUT2D eigenvalue weighted by atomic mass is 10.3. The fourth-order valence-corrected chi connectivity index (χ4v) is 1.59. The van der Waals surface area contributed by atoms with Crippen LogP contribution < -0.4 is 15.4 Å². The molecular formula is C15H17N3O2. The lowest BCUT2D eigenvalue weighted by Gasteiger charge is -2.08. The monoisotopic (exact) mass is 271 g/mol. The van der Waals surface area contributed by atoms with Gasteiger partial charge in [0.05, 0.1) is 18.5 Å². The van der Waals surface area contributed by atoms with Crippen LogP contribution in [0.25, 0.3) is 0 Å². The molecule has 20 heavy (non-hydrogen) atoms. The molecule has 0 aliphatic rings. The summed E-state index contributed by atoms with van der Waals surface area (Å²) in [5.41, 5.74) is 0.672. The van der Waals surface area contributed by atoms with Crippen LogP contribution >= 0.6 is 0 Å². The molecule has 104 valence electrons. The molecule has 2 N–H and O–H groups in total. The van der Waals surface area contributed by atoms with Crippen LogP contribution in [0, 0.1) is 0 Å². The maximum atomic E-state index is 11.6. The van der Waals surface area contributed by atoms with Gasteiger partial charge in [0.1, 0.15) is 5.75 Å². The lowest BCUT2D eigenvalue weighted by molar-refractivity contribution is 0.250. The number of urea groups is 1. The second-order valence-electron chi connectivity index (χ2n) is 4.14. The Morgan fingerprint density at radius 1 is 1.15 bits per heavy atom. The SMILES string of the molecule is O=C(NCCCOc1ccccc1)Nc1cccnc1. The summed E-state index contributed by atoms with van der Waals surface area (Å²) in [5.74, 6) is 0.840. The number of hydrogen-bond donors (Lipinski definition) is 2. The number of pyridine rings is 1. The Morgan fingerprint density at radius 3 is 2.75 bits per heavy atom. The summed E-state index contributed by atoms with van der Waals surface area (Å²) in [6, 6.07) is 12.9. The van der Waals surface area contributed by atoms with E-state index in [1.807, 2.05) is 30.3 Å². The van der Waals surface area contributed by atoms with Gasteiger partial charge in [-0.1, -0.05) is 18.2 Å². The zero-order valence-corrected chi connectivity index (χ0v) is 11.1. The van der Waals surface area contributed by atoms with Gasteiger partial charge in [-0.25, -0.2) is 4.79 Å². The van der Waals surface area contributed by atoms with Gasteiger partial charge in [0.2, 0.25) is 0 Å². The van der Waals surface area contributed by atoms with Crippen LogP contribution in [0.3, 0.4) is 0 Å². The highest BCUT2D eigenvalue weighted by Gasteiger charge is 2.00. The number of aromatic nitrogens is 1. The zero-order valence-electron chi connectivity index (χ0n) is 11.1. The summed E-state index contributed by atoms with van der Waals surface area (Å²) >= 11 is 0. The molecule has 0 radical (unpaired) electrons. The largest absolute Gasteiger partial charge is 0.494 e. The molecule has 0 saturated carbocycles. The predicted octanol–water partition coefficient (Wildman–Crippen LogP) is 2.67. The summed E-state index contributed by atoms with van der Waals surface area (Å²) in [7, 11) is 0. The number of anilines is 1. The minimum absolute atomic E-state index is 0.238. The highest BCUT2D eigenvalue weighted by Crippen LogP contribution is 2.08. The van der Waals surface area contributed by atoms with E-state index in [9.17, 15) is 4.79 Å². The molecule has 2 amide bonds. The molecule has 0 aliphatic heterocycles. The second kappa shape index (κ2) is 7.78. The summed E-state index contributed by atoms with van der Waals surface area (Å²) in [5, 5.41) is 5.46. The van der Waals surface area contributed by atoms with E-state index in [2.05, 4.69) is 15.6 Å². The van der Waals surface area contributed by atoms with Gasteiger partial charge in [0.25, 0.3) is 0 Å². The normalized spacial score (nSPS) is 9.80. The van der Waals surface area contributed by atoms with E-state index in [0.717, 1.165) is 12.2 Å². The minimum atomic E-state index is -0.238. The van der Waals surface area contributed by atoms with E-state index in [0.29, 0.717) is 18.8 Å². The molecule has 2 rings (SSSR count). The third kappa shape index (κ3) is 4.97. The number of carbonyl (C=O) groups excluding carboxylic acids is 1. The molecule has 0 fully saturated rings. The van der Waals surface area contributed by atoms with Crippen molar-refractivity contribution in [2.75, 3.05) is 18.5 Å². The van der Waals surface area contributed by atoms with Gasteiger partial charge in [-0.2, -0.15) is 0 Å². The van der Waals surface area contributed by atoms with E-state index < -0.39 is 0 Å². The fraction of sp³-hybridized carbons (Fsp3) is 0.200. The van der Waals surface area contributed by atoms with E-state index in [1.54, 1.807) is 24.5 Å². The number of amides is 2. The summed E-state index contributed by atoms with van der Waals surface area (Å²) in [6.07, 6.45) is 4.00. The van der Waals surface area contributed by atoms with Gasteiger partial charge in [0.15, 0.2) is 0 Å².